The van der Waals surface area contributed by atoms with E-state index < -0.39 is 17.6 Å². The van der Waals surface area contributed by atoms with Crippen molar-refractivity contribution in [2.45, 2.75) is 0 Å². The van der Waals surface area contributed by atoms with E-state index in [1.54, 1.807) is 24.3 Å². The van der Waals surface area contributed by atoms with Gasteiger partial charge in [-0.05, 0) is 46.3 Å². The first-order chi connectivity index (χ1) is 11.0. The van der Waals surface area contributed by atoms with Crippen molar-refractivity contribution < 1.29 is 18.7 Å². The third-order valence-corrected chi connectivity index (χ3v) is 3.69. The van der Waals surface area contributed by atoms with Gasteiger partial charge in [0.15, 0.2) is 6.61 Å². The van der Waals surface area contributed by atoms with Gasteiger partial charge in [-0.25, -0.2) is 4.39 Å². The van der Waals surface area contributed by atoms with Crippen molar-refractivity contribution in [3.05, 3.63) is 63.3 Å². The van der Waals surface area contributed by atoms with Crippen LogP contribution in [0.5, 0.6) is 5.75 Å². The first-order valence-corrected chi connectivity index (χ1v) is 7.56. The van der Waals surface area contributed by atoms with Gasteiger partial charge in [0.1, 0.15) is 11.6 Å². The van der Waals surface area contributed by atoms with Gasteiger partial charge in [0, 0.05) is 4.47 Å². The number of hydrazine groups is 1. The molecule has 0 aromatic heterocycles. The molecule has 23 heavy (non-hydrogen) atoms. The van der Waals surface area contributed by atoms with Crippen LogP contribution in [0.25, 0.3) is 0 Å². The zero-order valence-corrected chi connectivity index (χ0v) is 13.9. The number of halogens is 3. The van der Waals surface area contributed by atoms with Crippen LogP contribution >= 0.6 is 27.5 Å². The quantitative estimate of drug-likeness (QED) is 0.774. The molecule has 0 atom stereocenters. The van der Waals surface area contributed by atoms with E-state index >= 15 is 0 Å². The van der Waals surface area contributed by atoms with Gasteiger partial charge in [0.05, 0.1) is 10.6 Å². The minimum Gasteiger partial charge on any atom is -0.482 e. The molecule has 0 aliphatic rings. The monoisotopic (exact) mass is 400 g/mol. The molecule has 0 saturated heterocycles. The summed E-state index contributed by atoms with van der Waals surface area (Å²) >= 11 is 9.01. The molecule has 0 fully saturated rings. The Balaban J connectivity index is 1.86. The van der Waals surface area contributed by atoms with Crippen LogP contribution in [0, 0.1) is 5.82 Å². The molecule has 5 nitrogen and oxygen atoms in total. The van der Waals surface area contributed by atoms with Crippen molar-refractivity contribution in [2.75, 3.05) is 6.61 Å². The number of nitrogens with one attached hydrogen (secondary N) is 2. The van der Waals surface area contributed by atoms with E-state index in [2.05, 4.69) is 26.8 Å². The van der Waals surface area contributed by atoms with Gasteiger partial charge in [-0.2, -0.15) is 0 Å². The zero-order chi connectivity index (χ0) is 16.8. The second-order valence-electron chi connectivity index (χ2n) is 4.35. The van der Waals surface area contributed by atoms with Crippen molar-refractivity contribution in [3.63, 3.8) is 0 Å². The van der Waals surface area contributed by atoms with E-state index in [0.29, 0.717) is 15.2 Å². The molecule has 8 heteroatoms. The highest BCUT2D eigenvalue weighted by atomic mass is 79.9. The van der Waals surface area contributed by atoms with Crippen LogP contribution in [0.2, 0.25) is 5.02 Å². The molecule has 0 aliphatic carbocycles. The minimum absolute atomic E-state index is 0.0531. The summed E-state index contributed by atoms with van der Waals surface area (Å²) in [6.07, 6.45) is 0. The molecule has 2 aromatic carbocycles. The molecule has 2 aromatic rings. The fourth-order valence-corrected chi connectivity index (χ4v) is 2.22. The Bertz CT molecular complexity index is 742. The van der Waals surface area contributed by atoms with Gasteiger partial charge >= 0.3 is 0 Å². The fourth-order valence-electron chi connectivity index (χ4n) is 1.61. The molecule has 0 spiro atoms. The SMILES string of the molecule is O=C(COc1ccccc1Cl)NNC(=O)c1cc(F)ccc1Br. The number of carbonyl (C=O) groups is 2. The van der Waals surface area contributed by atoms with E-state index in [1.807, 2.05) is 0 Å². The normalized spacial score (nSPS) is 10.0. The van der Waals surface area contributed by atoms with Crippen LogP contribution in [0.1, 0.15) is 10.4 Å². The maximum absolute atomic E-state index is 13.1. The van der Waals surface area contributed by atoms with E-state index in [0.717, 1.165) is 6.07 Å². The minimum atomic E-state index is -0.664. The lowest BCUT2D eigenvalue weighted by atomic mass is 10.2. The number of ether oxygens (including phenoxy) is 1. The van der Waals surface area contributed by atoms with Crippen molar-refractivity contribution in [2.24, 2.45) is 0 Å². The second-order valence-corrected chi connectivity index (χ2v) is 5.61. The largest absolute Gasteiger partial charge is 0.482 e. The predicted molar refractivity (Wildman–Crippen MR) is 86.7 cm³/mol. The topological polar surface area (TPSA) is 67.4 Å². The van der Waals surface area contributed by atoms with Gasteiger partial charge < -0.3 is 4.74 Å². The Labute approximate surface area is 144 Å². The third kappa shape index (κ3) is 4.94. The lowest BCUT2D eigenvalue weighted by Crippen LogP contribution is -2.44. The molecule has 0 unspecified atom stereocenters. The summed E-state index contributed by atoms with van der Waals surface area (Å²) in [6, 6.07) is 10.3. The lowest BCUT2D eigenvalue weighted by molar-refractivity contribution is -0.123. The van der Waals surface area contributed by atoms with Gasteiger partial charge in [-0.1, -0.05) is 23.7 Å². The molecule has 0 saturated carbocycles. The first-order valence-electron chi connectivity index (χ1n) is 6.39. The molecule has 120 valence electrons. The molecule has 0 radical (unpaired) electrons. The maximum atomic E-state index is 13.1. The standard InChI is InChI=1S/C15H11BrClFN2O3/c16-11-6-5-9(18)7-10(11)15(22)20-19-14(21)8-23-13-4-2-1-3-12(13)17/h1-7H,8H2,(H,19,21)(H,20,22). The summed E-state index contributed by atoms with van der Waals surface area (Å²) in [4.78, 5) is 23.5. The summed E-state index contributed by atoms with van der Waals surface area (Å²) in [7, 11) is 0. The van der Waals surface area contributed by atoms with Gasteiger partial charge in [0.25, 0.3) is 11.8 Å². The van der Waals surface area contributed by atoms with E-state index in [1.165, 1.54) is 12.1 Å². The number of carbonyl (C=O) groups excluding carboxylic acids is 2. The average Bonchev–Trinajstić information content (AvgIpc) is 2.54. The smallest absolute Gasteiger partial charge is 0.276 e. The van der Waals surface area contributed by atoms with Crippen LogP contribution in [0.4, 0.5) is 4.39 Å². The van der Waals surface area contributed by atoms with Crippen molar-refractivity contribution in [3.8, 4) is 5.75 Å². The zero-order valence-electron chi connectivity index (χ0n) is 11.6. The Morgan fingerprint density at radius 1 is 1.17 bits per heavy atom. The second kappa shape index (κ2) is 7.94. The van der Waals surface area contributed by atoms with Crippen LogP contribution in [0.15, 0.2) is 46.9 Å². The molecule has 0 aliphatic heterocycles. The van der Waals surface area contributed by atoms with E-state index in [9.17, 15) is 14.0 Å². The number of amides is 2. The Kier molecular flexibility index (Phi) is 5.95. The van der Waals surface area contributed by atoms with Gasteiger partial charge in [-0.3, -0.25) is 20.4 Å². The molecular weight excluding hydrogens is 391 g/mol. The maximum Gasteiger partial charge on any atom is 0.276 e. The van der Waals surface area contributed by atoms with Crippen LogP contribution in [-0.4, -0.2) is 18.4 Å². The average molecular weight is 402 g/mol. The number of hydrogen-bond donors (Lipinski definition) is 2. The predicted octanol–water partition coefficient (Wildman–Crippen LogP) is 3.08. The highest BCUT2D eigenvalue weighted by Gasteiger charge is 2.12. The number of hydrogen-bond acceptors (Lipinski definition) is 3. The van der Waals surface area contributed by atoms with E-state index in [-0.39, 0.29) is 12.2 Å². The number of rotatable bonds is 4. The van der Waals surface area contributed by atoms with Crippen molar-refractivity contribution in [1.82, 2.24) is 10.9 Å². The summed E-state index contributed by atoms with van der Waals surface area (Å²) in [5, 5.41) is 0.369. The van der Waals surface area contributed by atoms with E-state index in [4.69, 9.17) is 16.3 Å². The van der Waals surface area contributed by atoms with Crippen LogP contribution in [0.3, 0.4) is 0 Å². The molecule has 0 heterocycles. The highest BCUT2D eigenvalue weighted by molar-refractivity contribution is 9.10. The van der Waals surface area contributed by atoms with Gasteiger partial charge in [-0.15, -0.1) is 0 Å². The Hall–Kier alpha value is -2.12. The Morgan fingerprint density at radius 3 is 2.65 bits per heavy atom. The van der Waals surface area contributed by atoms with Crippen molar-refractivity contribution in [1.29, 1.82) is 0 Å². The summed E-state index contributed by atoms with van der Waals surface area (Å²) in [5.41, 5.74) is 4.39. The fraction of sp³-hybridized carbons (Fsp3) is 0.0667. The Morgan fingerprint density at radius 2 is 1.91 bits per heavy atom. The number of para-hydroxylation sites is 1. The van der Waals surface area contributed by atoms with Crippen LogP contribution in [-0.2, 0) is 4.79 Å². The number of benzene rings is 2. The first kappa shape index (κ1) is 17.2. The molecular formula is C15H11BrClFN2O3. The molecule has 2 rings (SSSR count). The summed E-state index contributed by atoms with van der Waals surface area (Å²) in [5.74, 6) is -1.47. The van der Waals surface area contributed by atoms with Gasteiger partial charge in [0.2, 0.25) is 0 Å². The summed E-state index contributed by atoms with van der Waals surface area (Å²) in [6.45, 7) is -0.339. The lowest BCUT2D eigenvalue weighted by Gasteiger charge is -2.10. The van der Waals surface area contributed by atoms with Crippen molar-refractivity contribution >= 4 is 39.3 Å². The van der Waals surface area contributed by atoms with Crippen LogP contribution < -0.4 is 15.6 Å². The third-order valence-electron chi connectivity index (χ3n) is 2.68. The summed E-state index contributed by atoms with van der Waals surface area (Å²) < 4.78 is 18.7. The molecule has 0 bridgehead atoms. The molecule has 2 amide bonds. The molecule has 2 N–H and O–H groups in total. The highest BCUT2D eigenvalue weighted by Crippen LogP contribution is 2.22.